The molecule has 0 spiro atoms. The van der Waals surface area contributed by atoms with Gasteiger partial charge in [-0.2, -0.15) is 0 Å². The van der Waals surface area contributed by atoms with Crippen molar-refractivity contribution in [2.75, 3.05) is 28.4 Å². The van der Waals surface area contributed by atoms with Crippen LogP contribution in [0.5, 0.6) is 23.0 Å². The Kier molecular flexibility index (Phi) is 5.35. The Labute approximate surface area is 157 Å². The average Bonchev–Trinajstić information content (AvgIpc) is 3.13. The predicted octanol–water partition coefficient (Wildman–Crippen LogP) is 4.10. The molecule has 0 amide bonds. The van der Waals surface area contributed by atoms with E-state index in [4.69, 9.17) is 18.9 Å². The summed E-state index contributed by atoms with van der Waals surface area (Å²) in [6.07, 6.45) is 5.12. The summed E-state index contributed by atoms with van der Waals surface area (Å²) in [6, 6.07) is 9.03. The third-order valence-corrected chi connectivity index (χ3v) is 4.29. The van der Waals surface area contributed by atoms with Crippen molar-refractivity contribution in [3.63, 3.8) is 0 Å². The number of para-hydroxylation sites is 1. The predicted molar refractivity (Wildman–Crippen MR) is 104 cm³/mol. The number of hydrogen-bond donors (Lipinski definition) is 1. The van der Waals surface area contributed by atoms with Crippen molar-refractivity contribution in [1.29, 1.82) is 0 Å². The first-order valence-electron chi connectivity index (χ1n) is 8.29. The van der Waals surface area contributed by atoms with E-state index < -0.39 is 0 Å². The molecule has 6 nitrogen and oxygen atoms in total. The summed E-state index contributed by atoms with van der Waals surface area (Å²) in [5.41, 5.74) is 2.22. The lowest BCUT2D eigenvalue weighted by Gasteiger charge is -2.13. The van der Waals surface area contributed by atoms with Crippen LogP contribution < -0.4 is 18.9 Å². The highest BCUT2D eigenvalue weighted by Crippen LogP contribution is 2.38. The normalized spacial score (nSPS) is 11.0. The Hall–Kier alpha value is -3.41. The van der Waals surface area contributed by atoms with E-state index in [9.17, 15) is 4.79 Å². The van der Waals surface area contributed by atoms with Crippen molar-refractivity contribution in [1.82, 2.24) is 4.98 Å². The van der Waals surface area contributed by atoms with Gasteiger partial charge in [-0.1, -0.05) is 12.1 Å². The molecule has 0 aliphatic carbocycles. The van der Waals surface area contributed by atoms with Crippen molar-refractivity contribution >= 4 is 22.8 Å². The molecular formula is C21H21NO5. The van der Waals surface area contributed by atoms with Crippen LogP contribution in [0.15, 0.2) is 42.6 Å². The number of carbonyl (C=O) groups is 1. The number of methoxy groups -OCH3 is 4. The highest BCUT2D eigenvalue weighted by molar-refractivity contribution is 6.08. The van der Waals surface area contributed by atoms with Crippen LogP contribution in [0.1, 0.15) is 15.9 Å². The first-order chi connectivity index (χ1) is 13.1. The lowest BCUT2D eigenvalue weighted by Crippen LogP contribution is -2.00. The topological polar surface area (TPSA) is 69.8 Å². The van der Waals surface area contributed by atoms with Crippen LogP contribution in [0, 0.1) is 0 Å². The number of carbonyl (C=O) groups excluding carboxylic acids is 1. The lowest BCUT2D eigenvalue weighted by atomic mass is 10.1. The van der Waals surface area contributed by atoms with Crippen molar-refractivity contribution in [3.8, 4) is 23.0 Å². The third kappa shape index (κ3) is 3.46. The van der Waals surface area contributed by atoms with Gasteiger partial charge in [-0.3, -0.25) is 4.79 Å². The molecule has 0 aliphatic rings. The van der Waals surface area contributed by atoms with E-state index in [0.717, 1.165) is 22.2 Å². The first kappa shape index (κ1) is 18.4. The Morgan fingerprint density at radius 2 is 1.59 bits per heavy atom. The number of allylic oxidation sites excluding steroid dienone is 1. The van der Waals surface area contributed by atoms with Gasteiger partial charge < -0.3 is 23.9 Å². The van der Waals surface area contributed by atoms with Crippen LogP contribution in [-0.2, 0) is 0 Å². The minimum absolute atomic E-state index is 0.175. The fourth-order valence-corrected chi connectivity index (χ4v) is 2.94. The SMILES string of the molecule is COc1cc(C(=O)/C=C/c2c[nH]c3c(OC)cccc23)cc(OC)c1OC. The summed E-state index contributed by atoms with van der Waals surface area (Å²) >= 11 is 0. The van der Waals surface area contributed by atoms with Gasteiger partial charge in [-0.25, -0.2) is 0 Å². The van der Waals surface area contributed by atoms with Crippen molar-refractivity contribution in [3.05, 3.63) is 53.7 Å². The number of nitrogens with one attached hydrogen (secondary N) is 1. The van der Waals surface area contributed by atoms with E-state index in [1.54, 1.807) is 25.3 Å². The Morgan fingerprint density at radius 1 is 0.926 bits per heavy atom. The molecule has 0 radical (unpaired) electrons. The first-order valence-corrected chi connectivity index (χ1v) is 8.29. The zero-order valence-corrected chi connectivity index (χ0v) is 15.7. The standard InChI is InChI=1S/C21H21NO5/c1-24-17-7-5-6-15-13(12-22-20(15)17)8-9-16(23)14-10-18(25-2)21(27-4)19(11-14)26-3/h5-12,22H,1-4H3/b9-8+. The van der Waals surface area contributed by atoms with E-state index in [1.165, 1.54) is 27.4 Å². The number of aromatic amines is 1. The number of hydrogen-bond acceptors (Lipinski definition) is 5. The molecule has 0 atom stereocenters. The number of H-pyrrole nitrogens is 1. The fraction of sp³-hybridized carbons (Fsp3) is 0.190. The smallest absolute Gasteiger partial charge is 0.203 e. The number of rotatable bonds is 7. The molecule has 0 fully saturated rings. The highest BCUT2D eigenvalue weighted by atomic mass is 16.5. The molecule has 0 bridgehead atoms. The van der Waals surface area contributed by atoms with Crippen molar-refractivity contribution < 1.29 is 23.7 Å². The van der Waals surface area contributed by atoms with Crippen LogP contribution in [0.4, 0.5) is 0 Å². The lowest BCUT2D eigenvalue weighted by molar-refractivity contribution is 0.104. The van der Waals surface area contributed by atoms with Gasteiger partial charge in [-0.15, -0.1) is 0 Å². The zero-order valence-electron chi connectivity index (χ0n) is 15.7. The van der Waals surface area contributed by atoms with Gasteiger partial charge >= 0.3 is 0 Å². The van der Waals surface area contributed by atoms with Gasteiger partial charge in [0.15, 0.2) is 17.3 Å². The summed E-state index contributed by atoms with van der Waals surface area (Å²) in [5.74, 6) is 1.90. The van der Waals surface area contributed by atoms with Gasteiger partial charge in [0.25, 0.3) is 0 Å². The summed E-state index contributed by atoms with van der Waals surface area (Å²) in [4.78, 5) is 15.8. The molecule has 3 aromatic rings. The maximum Gasteiger partial charge on any atom is 0.203 e. The molecule has 1 N–H and O–H groups in total. The molecular weight excluding hydrogens is 346 g/mol. The molecule has 27 heavy (non-hydrogen) atoms. The number of benzene rings is 2. The Bertz CT molecular complexity index is 978. The van der Waals surface area contributed by atoms with Crippen LogP contribution in [0.2, 0.25) is 0 Å². The van der Waals surface area contributed by atoms with Crippen LogP contribution in [0.25, 0.3) is 17.0 Å². The number of ether oxygens (including phenoxy) is 4. The monoisotopic (exact) mass is 367 g/mol. The molecule has 0 saturated heterocycles. The van der Waals surface area contributed by atoms with Crippen LogP contribution >= 0.6 is 0 Å². The molecule has 2 aromatic carbocycles. The molecule has 1 aromatic heterocycles. The van der Waals surface area contributed by atoms with Gasteiger partial charge in [0.1, 0.15) is 5.75 Å². The highest BCUT2D eigenvalue weighted by Gasteiger charge is 2.16. The van der Waals surface area contributed by atoms with Crippen LogP contribution in [-0.4, -0.2) is 39.2 Å². The molecule has 6 heteroatoms. The summed E-state index contributed by atoms with van der Waals surface area (Å²) in [5, 5.41) is 0.975. The van der Waals surface area contributed by atoms with Gasteiger partial charge in [-0.05, 0) is 30.4 Å². The zero-order chi connectivity index (χ0) is 19.4. The van der Waals surface area contributed by atoms with E-state index >= 15 is 0 Å². The van der Waals surface area contributed by atoms with Crippen molar-refractivity contribution in [2.45, 2.75) is 0 Å². The summed E-state index contributed by atoms with van der Waals surface area (Å²) < 4.78 is 21.2. The summed E-state index contributed by atoms with van der Waals surface area (Å²) in [6.45, 7) is 0. The number of fused-ring (bicyclic) bond motifs is 1. The van der Waals surface area contributed by atoms with E-state index in [-0.39, 0.29) is 5.78 Å². The van der Waals surface area contributed by atoms with E-state index in [1.807, 2.05) is 24.4 Å². The fourth-order valence-electron chi connectivity index (χ4n) is 2.94. The van der Waals surface area contributed by atoms with E-state index in [2.05, 4.69) is 4.98 Å². The summed E-state index contributed by atoms with van der Waals surface area (Å²) in [7, 11) is 6.17. The van der Waals surface area contributed by atoms with Gasteiger partial charge in [0.05, 0.1) is 34.0 Å². The average molecular weight is 367 g/mol. The largest absolute Gasteiger partial charge is 0.495 e. The maximum atomic E-state index is 12.7. The molecule has 0 unspecified atom stereocenters. The second-order valence-electron chi connectivity index (χ2n) is 5.74. The number of ketones is 1. The molecule has 1 heterocycles. The van der Waals surface area contributed by atoms with Gasteiger partial charge in [0, 0.05) is 22.7 Å². The second-order valence-corrected chi connectivity index (χ2v) is 5.74. The molecule has 0 aliphatic heterocycles. The Morgan fingerprint density at radius 3 is 2.19 bits per heavy atom. The molecule has 0 saturated carbocycles. The van der Waals surface area contributed by atoms with Crippen LogP contribution in [0.3, 0.4) is 0 Å². The minimum atomic E-state index is -0.175. The third-order valence-electron chi connectivity index (χ3n) is 4.29. The molecule has 3 rings (SSSR count). The quantitative estimate of drug-likeness (QED) is 0.503. The minimum Gasteiger partial charge on any atom is -0.495 e. The van der Waals surface area contributed by atoms with E-state index in [0.29, 0.717) is 22.8 Å². The Balaban J connectivity index is 1.94. The second kappa shape index (κ2) is 7.86. The maximum absolute atomic E-state index is 12.7. The molecule has 140 valence electrons. The van der Waals surface area contributed by atoms with Gasteiger partial charge in [0.2, 0.25) is 5.75 Å². The van der Waals surface area contributed by atoms with Crippen molar-refractivity contribution in [2.24, 2.45) is 0 Å². The number of aromatic nitrogens is 1.